The van der Waals surface area contributed by atoms with Crippen molar-refractivity contribution in [1.82, 2.24) is 9.97 Å². The number of nitrogens with zero attached hydrogens (tertiary/aromatic N) is 3. The molecule has 0 bridgehead atoms. The Bertz CT molecular complexity index is 562. The zero-order valence-electron chi connectivity index (χ0n) is 9.31. The Morgan fingerprint density at radius 2 is 2.22 bits per heavy atom. The van der Waals surface area contributed by atoms with E-state index in [1.807, 2.05) is 0 Å². The lowest BCUT2D eigenvalue weighted by Gasteiger charge is -2.02. The monoisotopic (exact) mass is 262 g/mol. The van der Waals surface area contributed by atoms with E-state index in [0.29, 0.717) is 5.75 Å². The van der Waals surface area contributed by atoms with E-state index >= 15 is 0 Å². The Balaban J connectivity index is 2.11. The average Bonchev–Trinajstić information content (AvgIpc) is 2.38. The summed E-state index contributed by atoms with van der Waals surface area (Å²) in [6.07, 6.45) is 3.12. The second-order valence-electron chi connectivity index (χ2n) is 3.49. The van der Waals surface area contributed by atoms with Gasteiger partial charge in [0.1, 0.15) is 12.0 Å². The summed E-state index contributed by atoms with van der Waals surface area (Å²) < 4.78 is 0. The molecule has 1 aromatic carbocycles. The summed E-state index contributed by atoms with van der Waals surface area (Å²) in [7, 11) is 0. The van der Waals surface area contributed by atoms with Gasteiger partial charge in [-0.2, -0.15) is 0 Å². The van der Waals surface area contributed by atoms with E-state index < -0.39 is 4.92 Å². The number of aromatic nitrogens is 2. The molecule has 0 amide bonds. The number of rotatable bonds is 4. The minimum absolute atomic E-state index is 0.0595. The Hall–Kier alpha value is -2.15. The quantitative estimate of drug-likeness (QED) is 0.298. The molecule has 18 heavy (non-hydrogen) atoms. The summed E-state index contributed by atoms with van der Waals surface area (Å²) in [5.74, 6) is 0.595. The Labute approximate surface area is 107 Å². The first-order chi connectivity index (χ1) is 8.66. The van der Waals surface area contributed by atoms with Crippen LogP contribution in [0.4, 0.5) is 11.4 Å². The minimum atomic E-state index is -0.478. The fourth-order valence-corrected chi connectivity index (χ4v) is 2.13. The van der Waals surface area contributed by atoms with Crippen LogP contribution < -0.4 is 5.73 Å². The largest absolute Gasteiger partial charge is 0.393 e. The van der Waals surface area contributed by atoms with E-state index in [4.69, 9.17) is 5.73 Å². The van der Waals surface area contributed by atoms with E-state index in [2.05, 4.69) is 9.97 Å². The molecule has 7 heteroatoms. The van der Waals surface area contributed by atoms with Crippen LogP contribution in [0.15, 0.2) is 41.8 Å². The van der Waals surface area contributed by atoms with E-state index in [9.17, 15) is 10.1 Å². The summed E-state index contributed by atoms with van der Waals surface area (Å²) in [6.45, 7) is 0. The first-order valence-electron chi connectivity index (χ1n) is 5.08. The molecule has 92 valence electrons. The van der Waals surface area contributed by atoms with Gasteiger partial charge in [-0.05, 0) is 17.7 Å². The van der Waals surface area contributed by atoms with Crippen LogP contribution in [-0.2, 0) is 5.75 Å². The molecule has 0 fully saturated rings. The molecule has 1 aromatic heterocycles. The molecule has 6 nitrogen and oxygen atoms in total. The summed E-state index contributed by atoms with van der Waals surface area (Å²) >= 11 is 1.49. The van der Waals surface area contributed by atoms with Crippen LogP contribution in [0.5, 0.6) is 0 Å². The van der Waals surface area contributed by atoms with Crippen LogP contribution in [-0.4, -0.2) is 14.9 Å². The number of benzene rings is 1. The van der Waals surface area contributed by atoms with Gasteiger partial charge in [0.25, 0.3) is 5.69 Å². The molecule has 0 saturated carbocycles. The normalized spacial score (nSPS) is 10.2. The maximum absolute atomic E-state index is 10.7. The van der Waals surface area contributed by atoms with Gasteiger partial charge in [-0.15, -0.1) is 11.8 Å². The highest BCUT2D eigenvalue weighted by Gasteiger charge is 2.11. The molecule has 0 saturated heterocycles. The maximum atomic E-state index is 10.7. The second-order valence-corrected chi connectivity index (χ2v) is 4.48. The third-order valence-electron chi connectivity index (χ3n) is 2.23. The lowest BCUT2D eigenvalue weighted by molar-refractivity contribution is -0.383. The highest BCUT2D eigenvalue weighted by atomic mass is 32.2. The summed E-state index contributed by atoms with van der Waals surface area (Å²) in [4.78, 5) is 18.1. The molecule has 0 aliphatic rings. The van der Waals surface area contributed by atoms with Crippen molar-refractivity contribution >= 4 is 23.1 Å². The fourth-order valence-electron chi connectivity index (χ4n) is 1.36. The van der Waals surface area contributed by atoms with Crippen molar-refractivity contribution in [2.45, 2.75) is 10.8 Å². The van der Waals surface area contributed by atoms with E-state index in [1.165, 1.54) is 24.2 Å². The van der Waals surface area contributed by atoms with Crippen molar-refractivity contribution in [3.8, 4) is 0 Å². The highest BCUT2D eigenvalue weighted by Crippen LogP contribution is 2.26. The van der Waals surface area contributed by atoms with Crippen LogP contribution in [0.1, 0.15) is 5.56 Å². The highest BCUT2D eigenvalue weighted by molar-refractivity contribution is 7.98. The van der Waals surface area contributed by atoms with Crippen LogP contribution in [0.3, 0.4) is 0 Å². The van der Waals surface area contributed by atoms with Crippen molar-refractivity contribution in [2.24, 2.45) is 0 Å². The molecular formula is C11H10N4O2S. The van der Waals surface area contributed by atoms with Crippen LogP contribution >= 0.6 is 11.8 Å². The van der Waals surface area contributed by atoms with Crippen molar-refractivity contribution in [1.29, 1.82) is 0 Å². The number of nitrogens with two attached hydrogens (primary N) is 1. The number of nitro groups is 1. The standard InChI is InChI=1S/C11H10N4O2S/c12-9-2-1-8(5-10(9)15(16)17)6-18-11-3-4-13-7-14-11/h1-5,7H,6,12H2. The smallest absolute Gasteiger partial charge is 0.292 e. The molecule has 0 radical (unpaired) electrons. The van der Waals surface area contributed by atoms with Crippen LogP contribution in [0, 0.1) is 10.1 Å². The molecule has 0 atom stereocenters. The maximum Gasteiger partial charge on any atom is 0.292 e. The Kier molecular flexibility index (Phi) is 3.73. The fraction of sp³-hybridized carbons (Fsp3) is 0.0909. The summed E-state index contributed by atoms with van der Waals surface area (Å²) in [5.41, 5.74) is 6.48. The molecule has 2 aromatic rings. The van der Waals surface area contributed by atoms with Gasteiger partial charge in [-0.1, -0.05) is 6.07 Å². The number of hydrogen-bond acceptors (Lipinski definition) is 6. The number of anilines is 1. The van der Waals surface area contributed by atoms with Crippen LogP contribution in [0.25, 0.3) is 0 Å². The SMILES string of the molecule is Nc1ccc(CSc2ccncn2)cc1[N+](=O)[O-]. The zero-order valence-corrected chi connectivity index (χ0v) is 10.1. The van der Waals surface area contributed by atoms with E-state index in [0.717, 1.165) is 10.6 Å². The molecule has 0 aliphatic carbocycles. The van der Waals surface area contributed by atoms with Gasteiger partial charge >= 0.3 is 0 Å². The Morgan fingerprint density at radius 3 is 2.89 bits per heavy atom. The first kappa shape index (κ1) is 12.3. The third kappa shape index (κ3) is 2.95. The minimum Gasteiger partial charge on any atom is -0.393 e. The van der Waals surface area contributed by atoms with E-state index in [1.54, 1.807) is 24.4 Å². The van der Waals surface area contributed by atoms with Gasteiger partial charge < -0.3 is 5.73 Å². The van der Waals surface area contributed by atoms with E-state index in [-0.39, 0.29) is 11.4 Å². The molecule has 0 unspecified atom stereocenters. The van der Waals surface area contributed by atoms with Crippen molar-refractivity contribution in [2.75, 3.05) is 5.73 Å². The molecule has 0 spiro atoms. The number of hydrogen-bond donors (Lipinski definition) is 1. The van der Waals surface area contributed by atoms with Gasteiger partial charge in [0.2, 0.25) is 0 Å². The Morgan fingerprint density at radius 1 is 1.39 bits per heavy atom. The van der Waals surface area contributed by atoms with Gasteiger partial charge in [0, 0.05) is 18.0 Å². The molecule has 0 aliphatic heterocycles. The average molecular weight is 262 g/mol. The van der Waals surface area contributed by atoms with Crippen LogP contribution in [0.2, 0.25) is 0 Å². The third-order valence-corrected chi connectivity index (χ3v) is 3.25. The first-order valence-corrected chi connectivity index (χ1v) is 6.07. The molecule has 2 rings (SSSR count). The number of thioether (sulfide) groups is 1. The number of nitro benzene ring substituents is 1. The number of nitrogen functional groups attached to an aromatic ring is 1. The lowest BCUT2D eigenvalue weighted by atomic mass is 10.2. The second kappa shape index (κ2) is 5.46. The summed E-state index contributed by atoms with van der Waals surface area (Å²) in [5, 5.41) is 11.6. The van der Waals surface area contributed by atoms with Gasteiger partial charge in [-0.25, -0.2) is 9.97 Å². The molecular weight excluding hydrogens is 252 g/mol. The van der Waals surface area contributed by atoms with Crippen molar-refractivity contribution < 1.29 is 4.92 Å². The van der Waals surface area contributed by atoms with Gasteiger partial charge in [0.15, 0.2) is 0 Å². The summed E-state index contributed by atoms with van der Waals surface area (Å²) in [6, 6.07) is 6.60. The van der Waals surface area contributed by atoms with Crippen molar-refractivity contribution in [3.63, 3.8) is 0 Å². The van der Waals surface area contributed by atoms with Crippen molar-refractivity contribution in [3.05, 3.63) is 52.5 Å². The predicted octanol–water partition coefficient (Wildman–Crippen LogP) is 2.26. The predicted molar refractivity (Wildman–Crippen MR) is 69.1 cm³/mol. The molecule has 2 N–H and O–H groups in total. The topological polar surface area (TPSA) is 94.9 Å². The zero-order chi connectivity index (χ0) is 13.0. The molecule has 1 heterocycles. The van der Waals surface area contributed by atoms with Gasteiger partial charge in [-0.3, -0.25) is 10.1 Å². The lowest BCUT2D eigenvalue weighted by Crippen LogP contribution is -1.96. The van der Waals surface area contributed by atoms with Gasteiger partial charge in [0.05, 0.1) is 9.95 Å².